The summed E-state index contributed by atoms with van der Waals surface area (Å²) in [5.41, 5.74) is 0.277. The monoisotopic (exact) mass is 242 g/mol. The summed E-state index contributed by atoms with van der Waals surface area (Å²) in [5.74, 6) is 2.87. The van der Waals surface area contributed by atoms with Gasteiger partial charge in [0.15, 0.2) is 0 Å². The van der Waals surface area contributed by atoms with Crippen molar-refractivity contribution in [3.8, 4) is 0 Å². The second-order valence-electron chi connectivity index (χ2n) is 4.22. The molecular formula is C12H18O3S. The van der Waals surface area contributed by atoms with Crippen LogP contribution in [0.3, 0.4) is 0 Å². The zero-order valence-corrected chi connectivity index (χ0v) is 10.8. The van der Waals surface area contributed by atoms with E-state index >= 15 is 0 Å². The third kappa shape index (κ3) is 3.93. The van der Waals surface area contributed by atoms with E-state index in [4.69, 9.17) is 9.52 Å². The van der Waals surface area contributed by atoms with Crippen molar-refractivity contribution in [2.75, 3.05) is 5.75 Å². The summed E-state index contributed by atoms with van der Waals surface area (Å²) in [6.07, 6.45) is 1.18. The van der Waals surface area contributed by atoms with Crippen LogP contribution in [0.15, 0.2) is 10.5 Å². The van der Waals surface area contributed by atoms with Crippen molar-refractivity contribution in [1.82, 2.24) is 0 Å². The number of thioether (sulfide) groups is 1. The van der Waals surface area contributed by atoms with E-state index in [1.54, 1.807) is 24.8 Å². The van der Waals surface area contributed by atoms with Crippen molar-refractivity contribution in [2.24, 2.45) is 5.92 Å². The number of carboxylic acids is 1. The number of rotatable bonds is 6. The summed E-state index contributed by atoms with van der Waals surface area (Å²) in [5, 5.41) is 8.86. The zero-order chi connectivity index (χ0) is 12.1. The van der Waals surface area contributed by atoms with E-state index in [0.29, 0.717) is 11.7 Å². The standard InChI is InChI=1S/C12H18O3S/c1-8(2)4-5-16-7-10-6-11(12(13)14)9(3)15-10/h6,8H,4-5,7H2,1-3H3,(H,13,14). The Morgan fingerprint density at radius 1 is 1.56 bits per heavy atom. The molecule has 1 rings (SSSR count). The Morgan fingerprint density at radius 2 is 2.25 bits per heavy atom. The normalized spacial score (nSPS) is 11.0. The van der Waals surface area contributed by atoms with Crippen LogP contribution in [0, 0.1) is 12.8 Å². The molecule has 0 unspecified atom stereocenters. The highest BCUT2D eigenvalue weighted by molar-refractivity contribution is 7.98. The Kier molecular flexibility index (Phi) is 4.93. The minimum Gasteiger partial charge on any atom is -0.478 e. The van der Waals surface area contributed by atoms with Crippen LogP contribution < -0.4 is 0 Å². The molecule has 1 heterocycles. The van der Waals surface area contributed by atoms with Gasteiger partial charge in [-0.25, -0.2) is 4.79 Å². The molecule has 0 aliphatic heterocycles. The van der Waals surface area contributed by atoms with Gasteiger partial charge < -0.3 is 9.52 Å². The molecule has 0 fully saturated rings. The number of carbonyl (C=O) groups is 1. The van der Waals surface area contributed by atoms with Gasteiger partial charge in [-0.3, -0.25) is 0 Å². The van der Waals surface area contributed by atoms with Crippen LogP contribution in [0.5, 0.6) is 0 Å². The van der Waals surface area contributed by atoms with Crippen LogP contribution in [-0.2, 0) is 5.75 Å². The lowest BCUT2D eigenvalue weighted by molar-refractivity contribution is 0.0695. The lowest BCUT2D eigenvalue weighted by atomic mass is 10.2. The highest BCUT2D eigenvalue weighted by atomic mass is 32.2. The fourth-order valence-electron chi connectivity index (χ4n) is 1.32. The predicted octanol–water partition coefficient (Wildman–Crippen LogP) is 3.57. The molecule has 0 amide bonds. The number of carboxylic acid groups (broad SMARTS) is 1. The van der Waals surface area contributed by atoms with Crippen molar-refractivity contribution in [3.05, 3.63) is 23.2 Å². The molecule has 0 aliphatic carbocycles. The largest absolute Gasteiger partial charge is 0.478 e. The van der Waals surface area contributed by atoms with Gasteiger partial charge in [0.1, 0.15) is 17.1 Å². The average Bonchev–Trinajstić information content (AvgIpc) is 2.54. The van der Waals surface area contributed by atoms with E-state index in [1.807, 2.05) is 0 Å². The second kappa shape index (κ2) is 5.99. The Hall–Kier alpha value is -0.900. The van der Waals surface area contributed by atoms with Gasteiger partial charge in [0, 0.05) is 0 Å². The summed E-state index contributed by atoms with van der Waals surface area (Å²) in [7, 11) is 0. The predicted molar refractivity (Wildman–Crippen MR) is 66.0 cm³/mol. The molecule has 0 radical (unpaired) electrons. The first-order valence-electron chi connectivity index (χ1n) is 5.41. The van der Waals surface area contributed by atoms with Gasteiger partial charge >= 0.3 is 5.97 Å². The molecule has 3 nitrogen and oxygen atoms in total. The molecule has 1 aromatic heterocycles. The van der Waals surface area contributed by atoms with Crippen LogP contribution in [-0.4, -0.2) is 16.8 Å². The third-order valence-electron chi connectivity index (χ3n) is 2.28. The van der Waals surface area contributed by atoms with E-state index in [-0.39, 0.29) is 5.56 Å². The van der Waals surface area contributed by atoms with E-state index in [2.05, 4.69) is 13.8 Å². The van der Waals surface area contributed by atoms with Crippen LogP contribution >= 0.6 is 11.8 Å². The average molecular weight is 242 g/mol. The fraction of sp³-hybridized carbons (Fsp3) is 0.583. The van der Waals surface area contributed by atoms with E-state index < -0.39 is 5.97 Å². The molecule has 0 saturated heterocycles. The number of furan rings is 1. The topological polar surface area (TPSA) is 50.4 Å². The minimum atomic E-state index is -0.917. The van der Waals surface area contributed by atoms with Crippen LogP contribution in [0.2, 0.25) is 0 Å². The first kappa shape index (κ1) is 13.2. The van der Waals surface area contributed by atoms with Gasteiger partial charge in [-0.1, -0.05) is 13.8 Å². The Morgan fingerprint density at radius 3 is 2.75 bits per heavy atom. The summed E-state index contributed by atoms with van der Waals surface area (Å²) in [6.45, 7) is 6.08. The van der Waals surface area contributed by atoms with Crippen molar-refractivity contribution < 1.29 is 14.3 Å². The lowest BCUT2D eigenvalue weighted by Crippen LogP contribution is -1.95. The smallest absolute Gasteiger partial charge is 0.339 e. The Balaban J connectivity index is 2.43. The molecule has 4 heteroatoms. The molecule has 1 aromatic rings. The fourth-order valence-corrected chi connectivity index (χ4v) is 2.44. The Bertz CT molecular complexity index is 355. The molecule has 0 saturated carbocycles. The molecule has 0 bridgehead atoms. The van der Waals surface area contributed by atoms with Gasteiger partial charge in [-0.05, 0) is 31.1 Å². The van der Waals surface area contributed by atoms with E-state index in [1.165, 1.54) is 6.42 Å². The summed E-state index contributed by atoms with van der Waals surface area (Å²) in [6, 6.07) is 1.63. The maximum absolute atomic E-state index is 10.8. The van der Waals surface area contributed by atoms with Crippen molar-refractivity contribution in [3.63, 3.8) is 0 Å². The van der Waals surface area contributed by atoms with Crippen molar-refractivity contribution >= 4 is 17.7 Å². The zero-order valence-electron chi connectivity index (χ0n) is 9.95. The van der Waals surface area contributed by atoms with Gasteiger partial charge in [0.2, 0.25) is 0 Å². The number of aryl methyl sites for hydroxylation is 1. The van der Waals surface area contributed by atoms with Gasteiger partial charge in [0.25, 0.3) is 0 Å². The summed E-state index contributed by atoms with van der Waals surface area (Å²) < 4.78 is 5.38. The molecule has 0 spiro atoms. The Labute approximate surface area is 100 Å². The molecule has 1 N–H and O–H groups in total. The number of hydrogen-bond donors (Lipinski definition) is 1. The maximum Gasteiger partial charge on any atom is 0.339 e. The first-order valence-corrected chi connectivity index (χ1v) is 6.56. The molecular weight excluding hydrogens is 224 g/mol. The maximum atomic E-state index is 10.8. The van der Waals surface area contributed by atoms with Crippen LogP contribution in [0.4, 0.5) is 0 Å². The summed E-state index contributed by atoms with van der Waals surface area (Å²) >= 11 is 1.78. The molecule has 16 heavy (non-hydrogen) atoms. The molecule has 0 atom stereocenters. The van der Waals surface area contributed by atoms with E-state index in [9.17, 15) is 4.79 Å². The third-order valence-corrected chi connectivity index (χ3v) is 3.30. The van der Waals surface area contributed by atoms with Crippen LogP contribution in [0.25, 0.3) is 0 Å². The lowest BCUT2D eigenvalue weighted by Gasteiger charge is -2.02. The van der Waals surface area contributed by atoms with Gasteiger partial charge in [-0.2, -0.15) is 11.8 Å². The highest BCUT2D eigenvalue weighted by Gasteiger charge is 2.13. The number of hydrogen-bond acceptors (Lipinski definition) is 3. The van der Waals surface area contributed by atoms with Crippen LogP contribution in [0.1, 0.15) is 42.1 Å². The van der Waals surface area contributed by atoms with Crippen molar-refractivity contribution in [2.45, 2.75) is 32.9 Å². The minimum absolute atomic E-state index is 0.277. The van der Waals surface area contributed by atoms with E-state index in [0.717, 1.165) is 17.3 Å². The van der Waals surface area contributed by atoms with Gasteiger partial charge in [-0.15, -0.1) is 0 Å². The number of aromatic carboxylic acids is 1. The quantitative estimate of drug-likeness (QED) is 0.775. The molecule has 0 aromatic carbocycles. The second-order valence-corrected chi connectivity index (χ2v) is 5.33. The molecule has 0 aliphatic rings. The van der Waals surface area contributed by atoms with Crippen molar-refractivity contribution in [1.29, 1.82) is 0 Å². The summed E-state index contributed by atoms with van der Waals surface area (Å²) in [4.78, 5) is 10.8. The highest BCUT2D eigenvalue weighted by Crippen LogP contribution is 2.20. The first-order chi connectivity index (χ1) is 7.50. The SMILES string of the molecule is Cc1oc(CSCCC(C)C)cc1C(=O)O. The molecule has 90 valence electrons. The van der Waals surface area contributed by atoms with Gasteiger partial charge in [0.05, 0.1) is 5.75 Å².